The van der Waals surface area contributed by atoms with Crippen molar-refractivity contribution in [2.75, 3.05) is 19.7 Å². The van der Waals surface area contributed by atoms with Crippen molar-refractivity contribution in [1.29, 1.82) is 0 Å². The Hall–Kier alpha value is -2.33. The van der Waals surface area contributed by atoms with E-state index in [2.05, 4.69) is 17.4 Å². The Morgan fingerprint density at radius 2 is 1.86 bits per heavy atom. The molecule has 2 aromatic rings. The van der Waals surface area contributed by atoms with Crippen LogP contribution < -0.4 is 10.1 Å². The van der Waals surface area contributed by atoms with Crippen molar-refractivity contribution in [3.8, 4) is 5.75 Å². The van der Waals surface area contributed by atoms with E-state index >= 15 is 0 Å². The van der Waals surface area contributed by atoms with Gasteiger partial charge in [-0.05, 0) is 36.7 Å². The zero-order chi connectivity index (χ0) is 14.9. The Kier molecular flexibility index (Phi) is 5.79. The monoisotopic (exact) mass is 285 g/mol. The molecule has 0 bridgehead atoms. The van der Waals surface area contributed by atoms with Gasteiger partial charge < -0.3 is 15.2 Å². The van der Waals surface area contributed by atoms with Crippen LogP contribution in [0.5, 0.6) is 5.75 Å². The molecule has 4 heteroatoms. The molecule has 0 atom stereocenters. The lowest BCUT2D eigenvalue weighted by Crippen LogP contribution is -2.23. The van der Waals surface area contributed by atoms with Crippen molar-refractivity contribution < 1.29 is 14.6 Å². The van der Waals surface area contributed by atoms with Gasteiger partial charge in [-0.3, -0.25) is 0 Å². The van der Waals surface area contributed by atoms with Gasteiger partial charge in [0.1, 0.15) is 12.4 Å². The highest BCUT2D eigenvalue weighted by molar-refractivity contribution is 5.87. The zero-order valence-corrected chi connectivity index (χ0v) is 11.8. The van der Waals surface area contributed by atoms with Gasteiger partial charge in [-0.25, -0.2) is 4.79 Å². The number of hydrogen-bond donors (Lipinski definition) is 2. The van der Waals surface area contributed by atoms with Crippen LogP contribution in [0.25, 0.3) is 0 Å². The molecule has 0 aliphatic rings. The van der Waals surface area contributed by atoms with E-state index in [-0.39, 0.29) is 5.56 Å². The van der Waals surface area contributed by atoms with Gasteiger partial charge >= 0.3 is 5.97 Å². The molecule has 2 N–H and O–H groups in total. The van der Waals surface area contributed by atoms with Gasteiger partial charge in [0, 0.05) is 6.54 Å². The first-order chi connectivity index (χ1) is 10.3. The summed E-state index contributed by atoms with van der Waals surface area (Å²) in [6.45, 7) is 2.13. The van der Waals surface area contributed by atoms with E-state index in [9.17, 15) is 4.79 Å². The number of carboxylic acid groups (broad SMARTS) is 1. The average molecular weight is 285 g/mol. The van der Waals surface area contributed by atoms with E-state index in [1.807, 2.05) is 18.2 Å². The SMILES string of the molecule is O=C(O)c1cccc(OCCNCCc2ccccc2)c1. The number of benzene rings is 2. The van der Waals surface area contributed by atoms with Crippen LogP contribution in [0.4, 0.5) is 0 Å². The highest BCUT2D eigenvalue weighted by Crippen LogP contribution is 2.12. The van der Waals surface area contributed by atoms with Gasteiger partial charge in [0.25, 0.3) is 0 Å². The third kappa shape index (κ3) is 5.28. The predicted molar refractivity (Wildman–Crippen MR) is 81.9 cm³/mol. The molecule has 0 saturated heterocycles. The molecular formula is C17H19NO3. The van der Waals surface area contributed by atoms with Crippen LogP contribution >= 0.6 is 0 Å². The molecule has 0 radical (unpaired) electrons. The summed E-state index contributed by atoms with van der Waals surface area (Å²) in [7, 11) is 0. The summed E-state index contributed by atoms with van der Waals surface area (Å²) in [5, 5.41) is 12.2. The van der Waals surface area contributed by atoms with Crippen LogP contribution in [0, 0.1) is 0 Å². The van der Waals surface area contributed by atoms with E-state index in [4.69, 9.17) is 9.84 Å². The number of hydrogen-bond acceptors (Lipinski definition) is 3. The first-order valence-corrected chi connectivity index (χ1v) is 6.96. The molecule has 0 aliphatic heterocycles. The molecule has 0 fully saturated rings. The fourth-order valence-corrected chi connectivity index (χ4v) is 1.96. The Morgan fingerprint density at radius 3 is 2.62 bits per heavy atom. The van der Waals surface area contributed by atoms with Crippen molar-refractivity contribution in [2.45, 2.75) is 6.42 Å². The molecule has 2 rings (SSSR count). The summed E-state index contributed by atoms with van der Waals surface area (Å²) < 4.78 is 5.52. The van der Waals surface area contributed by atoms with Crippen molar-refractivity contribution >= 4 is 5.97 Å². The number of carbonyl (C=O) groups is 1. The van der Waals surface area contributed by atoms with E-state index in [1.54, 1.807) is 18.2 Å². The Balaban J connectivity index is 1.64. The van der Waals surface area contributed by atoms with E-state index in [0.29, 0.717) is 12.4 Å². The molecule has 0 aliphatic carbocycles. The number of aromatic carboxylic acids is 1. The first-order valence-electron chi connectivity index (χ1n) is 6.96. The smallest absolute Gasteiger partial charge is 0.335 e. The van der Waals surface area contributed by atoms with Crippen LogP contribution in [0.1, 0.15) is 15.9 Å². The Morgan fingerprint density at radius 1 is 1.05 bits per heavy atom. The second kappa shape index (κ2) is 8.07. The maximum atomic E-state index is 10.8. The topological polar surface area (TPSA) is 58.6 Å². The largest absolute Gasteiger partial charge is 0.492 e. The lowest BCUT2D eigenvalue weighted by atomic mass is 10.1. The van der Waals surface area contributed by atoms with E-state index < -0.39 is 5.97 Å². The second-order valence-electron chi connectivity index (χ2n) is 4.67. The fraction of sp³-hybridized carbons (Fsp3) is 0.235. The van der Waals surface area contributed by atoms with E-state index in [1.165, 1.54) is 11.6 Å². The summed E-state index contributed by atoms with van der Waals surface area (Å²) >= 11 is 0. The second-order valence-corrected chi connectivity index (χ2v) is 4.67. The third-order valence-corrected chi connectivity index (χ3v) is 3.06. The Labute approximate surface area is 124 Å². The molecule has 0 spiro atoms. The van der Waals surface area contributed by atoms with Gasteiger partial charge in [-0.15, -0.1) is 0 Å². The van der Waals surface area contributed by atoms with Crippen molar-refractivity contribution in [2.24, 2.45) is 0 Å². The molecule has 0 aromatic heterocycles. The van der Waals surface area contributed by atoms with E-state index in [0.717, 1.165) is 19.5 Å². The van der Waals surface area contributed by atoms with Crippen LogP contribution in [-0.4, -0.2) is 30.8 Å². The minimum Gasteiger partial charge on any atom is -0.492 e. The van der Waals surface area contributed by atoms with Crippen molar-refractivity contribution in [3.05, 3.63) is 65.7 Å². The van der Waals surface area contributed by atoms with Gasteiger partial charge in [0.15, 0.2) is 0 Å². The van der Waals surface area contributed by atoms with Crippen LogP contribution in [0.15, 0.2) is 54.6 Å². The molecule has 0 unspecified atom stereocenters. The summed E-state index contributed by atoms with van der Waals surface area (Å²) in [5.41, 5.74) is 1.55. The predicted octanol–water partition coefficient (Wildman–Crippen LogP) is 2.60. The third-order valence-electron chi connectivity index (χ3n) is 3.06. The summed E-state index contributed by atoms with van der Waals surface area (Å²) in [6.07, 6.45) is 0.981. The Bertz CT molecular complexity index is 569. The zero-order valence-electron chi connectivity index (χ0n) is 11.8. The lowest BCUT2D eigenvalue weighted by Gasteiger charge is -2.08. The molecule has 0 heterocycles. The minimum absolute atomic E-state index is 0.240. The highest BCUT2D eigenvalue weighted by atomic mass is 16.5. The van der Waals surface area contributed by atoms with Crippen molar-refractivity contribution in [3.63, 3.8) is 0 Å². The normalized spacial score (nSPS) is 10.3. The molecule has 21 heavy (non-hydrogen) atoms. The summed E-state index contributed by atoms with van der Waals surface area (Å²) in [6, 6.07) is 16.8. The van der Waals surface area contributed by atoms with Crippen LogP contribution in [0.2, 0.25) is 0 Å². The number of ether oxygens (including phenoxy) is 1. The van der Waals surface area contributed by atoms with Gasteiger partial charge in [0.05, 0.1) is 5.56 Å². The standard InChI is InChI=1S/C17H19NO3/c19-17(20)15-7-4-8-16(13-15)21-12-11-18-10-9-14-5-2-1-3-6-14/h1-8,13,18H,9-12H2,(H,19,20). The van der Waals surface area contributed by atoms with Crippen LogP contribution in [0.3, 0.4) is 0 Å². The molecule has 0 saturated carbocycles. The minimum atomic E-state index is -0.943. The first kappa shape index (κ1) is 15.1. The quantitative estimate of drug-likeness (QED) is 0.732. The molecule has 4 nitrogen and oxygen atoms in total. The highest BCUT2D eigenvalue weighted by Gasteiger charge is 2.03. The van der Waals surface area contributed by atoms with Gasteiger partial charge in [-0.1, -0.05) is 36.4 Å². The summed E-state index contributed by atoms with van der Waals surface area (Å²) in [4.78, 5) is 10.8. The number of nitrogens with one attached hydrogen (secondary N) is 1. The molecular weight excluding hydrogens is 266 g/mol. The molecule has 110 valence electrons. The maximum absolute atomic E-state index is 10.8. The fourth-order valence-electron chi connectivity index (χ4n) is 1.96. The maximum Gasteiger partial charge on any atom is 0.335 e. The number of rotatable bonds is 8. The average Bonchev–Trinajstić information content (AvgIpc) is 2.52. The van der Waals surface area contributed by atoms with Crippen molar-refractivity contribution in [1.82, 2.24) is 5.32 Å². The lowest BCUT2D eigenvalue weighted by molar-refractivity contribution is 0.0696. The number of carboxylic acids is 1. The summed E-state index contributed by atoms with van der Waals surface area (Å²) in [5.74, 6) is -0.360. The van der Waals surface area contributed by atoms with Gasteiger partial charge in [-0.2, -0.15) is 0 Å². The van der Waals surface area contributed by atoms with Gasteiger partial charge in [0.2, 0.25) is 0 Å². The van der Waals surface area contributed by atoms with Crippen LogP contribution in [-0.2, 0) is 6.42 Å². The molecule has 0 amide bonds. The molecule has 2 aromatic carbocycles.